The summed E-state index contributed by atoms with van der Waals surface area (Å²) in [5, 5.41) is 10.4. The molecule has 0 saturated carbocycles. The van der Waals surface area contributed by atoms with Gasteiger partial charge in [-0.15, -0.1) is 0 Å². The number of carbonyl (C=O) groups is 1. The zero-order valence-electron chi connectivity index (χ0n) is 19.4. The van der Waals surface area contributed by atoms with E-state index >= 15 is 0 Å². The van der Waals surface area contributed by atoms with Crippen LogP contribution in [0.5, 0.6) is 0 Å². The average molecular weight is 453 g/mol. The Balaban J connectivity index is 1.35. The highest BCUT2D eigenvalue weighted by Crippen LogP contribution is 2.27. The SMILES string of the molecule is CNC(=O)c1ccnc2c([C@H](C)CNc3cc(-c4ccc5c(c4)CCNC5)ncn3)cccc12. The molecule has 3 heterocycles. The number of nitrogens with zero attached hydrogens (tertiary/aromatic N) is 3. The van der Waals surface area contributed by atoms with Crippen LogP contribution in [0.15, 0.2) is 61.1 Å². The van der Waals surface area contributed by atoms with E-state index in [0.717, 1.165) is 53.1 Å². The molecule has 0 spiro atoms. The number of aromatic nitrogens is 3. The fraction of sp³-hybridized carbons (Fsp3) is 0.259. The van der Waals surface area contributed by atoms with E-state index in [1.807, 2.05) is 18.2 Å². The van der Waals surface area contributed by atoms with Crippen LogP contribution in [0.4, 0.5) is 5.82 Å². The van der Waals surface area contributed by atoms with Gasteiger partial charge in [-0.1, -0.05) is 37.3 Å². The molecule has 0 radical (unpaired) electrons. The van der Waals surface area contributed by atoms with E-state index in [2.05, 4.69) is 62.1 Å². The van der Waals surface area contributed by atoms with E-state index in [1.54, 1.807) is 25.6 Å². The Kier molecular flexibility index (Phi) is 6.18. The summed E-state index contributed by atoms with van der Waals surface area (Å²) in [5.41, 5.74) is 7.35. The van der Waals surface area contributed by atoms with Crippen LogP contribution in [-0.4, -0.2) is 41.0 Å². The number of anilines is 1. The molecule has 0 bridgehead atoms. The van der Waals surface area contributed by atoms with Crippen molar-refractivity contribution in [2.24, 2.45) is 0 Å². The van der Waals surface area contributed by atoms with E-state index in [4.69, 9.17) is 0 Å². The normalized spacial score (nSPS) is 13.8. The van der Waals surface area contributed by atoms with Gasteiger partial charge in [-0.25, -0.2) is 9.97 Å². The molecule has 172 valence electrons. The Labute approximate surface area is 199 Å². The lowest BCUT2D eigenvalue weighted by Crippen LogP contribution is -2.23. The highest BCUT2D eigenvalue weighted by molar-refractivity contribution is 6.06. The minimum Gasteiger partial charge on any atom is -0.369 e. The standard InChI is InChI=1S/C27H28N6O/c1-17(21-4-3-5-22-23(27(34)28-2)9-11-30-26(21)22)14-31-25-13-24(32-16-33-25)19-6-7-20-15-29-10-8-18(20)12-19/h3-7,9,11-13,16-17,29H,8,10,14-15H2,1-2H3,(H,28,34)(H,31,32,33)/t17-/m1/s1. The largest absolute Gasteiger partial charge is 0.369 e. The molecule has 34 heavy (non-hydrogen) atoms. The molecule has 0 fully saturated rings. The van der Waals surface area contributed by atoms with Crippen LogP contribution in [-0.2, 0) is 13.0 Å². The Hall–Kier alpha value is -3.84. The van der Waals surface area contributed by atoms with Crippen molar-refractivity contribution in [3.05, 3.63) is 83.3 Å². The molecule has 4 aromatic rings. The van der Waals surface area contributed by atoms with Gasteiger partial charge >= 0.3 is 0 Å². The highest BCUT2D eigenvalue weighted by Gasteiger charge is 2.16. The number of hydrogen-bond acceptors (Lipinski definition) is 6. The third-order valence-corrected chi connectivity index (χ3v) is 6.45. The molecule has 7 heteroatoms. The lowest BCUT2D eigenvalue weighted by atomic mass is 9.96. The van der Waals surface area contributed by atoms with E-state index in [0.29, 0.717) is 12.1 Å². The number of carbonyl (C=O) groups excluding carboxylic acids is 1. The van der Waals surface area contributed by atoms with E-state index in [9.17, 15) is 4.79 Å². The zero-order valence-corrected chi connectivity index (χ0v) is 19.4. The van der Waals surface area contributed by atoms with Crippen LogP contribution >= 0.6 is 0 Å². The molecule has 0 aliphatic carbocycles. The number of pyridine rings is 1. The summed E-state index contributed by atoms with van der Waals surface area (Å²) >= 11 is 0. The molecular formula is C27H28N6O. The average Bonchev–Trinajstić information content (AvgIpc) is 2.90. The van der Waals surface area contributed by atoms with Crippen molar-refractivity contribution >= 4 is 22.6 Å². The minimum absolute atomic E-state index is 0.109. The summed E-state index contributed by atoms with van der Waals surface area (Å²) in [6.45, 7) is 4.77. The first-order valence-corrected chi connectivity index (χ1v) is 11.6. The van der Waals surface area contributed by atoms with Crippen LogP contribution < -0.4 is 16.0 Å². The summed E-state index contributed by atoms with van der Waals surface area (Å²) in [6, 6.07) is 16.3. The smallest absolute Gasteiger partial charge is 0.251 e. The molecule has 2 aromatic heterocycles. The van der Waals surface area contributed by atoms with Crippen LogP contribution in [0.2, 0.25) is 0 Å². The van der Waals surface area contributed by atoms with E-state index in [1.165, 1.54) is 11.1 Å². The number of hydrogen-bond donors (Lipinski definition) is 3. The molecule has 7 nitrogen and oxygen atoms in total. The van der Waals surface area contributed by atoms with Gasteiger partial charge in [0.15, 0.2) is 0 Å². The van der Waals surface area contributed by atoms with Crippen molar-refractivity contribution < 1.29 is 4.79 Å². The summed E-state index contributed by atoms with van der Waals surface area (Å²) in [5.74, 6) is 0.837. The van der Waals surface area contributed by atoms with Gasteiger partial charge in [-0.2, -0.15) is 0 Å². The summed E-state index contributed by atoms with van der Waals surface area (Å²) in [6.07, 6.45) is 4.35. The third-order valence-electron chi connectivity index (χ3n) is 6.45. The maximum Gasteiger partial charge on any atom is 0.251 e. The molecule has 5 rings (SSSR count). The van der Waals surface area contributed by atoms with Gasteiger partial charge in [-0.3, -0.25) is 9.78 Å². The Morgan fingerprint density at radius 2 is 2.00 bits per heavy atom. The van der Waals surface area contributed by atoms with Gasteiger partial charge in [0, 0.05) is 49.3 Å². The Bertz CT molecular complexity index is 1350. The zero-order chi connectivity index (χ0) is 23.5. The number of rotatable bonds is 6. The van der Waals surface area contributed by atoms with Gasteiger partial charge < -0.3 is 16.0 Å². The van der Waals surface area contributed by atoms with Crippen molar-refractivity contribution in [1.29, 1.82) is 0 Å². The molecule has 2 aromatic carbocycles. The highest BCUT2D eigenvalue weighted by atomic mass is 16.1. The van der Waals surface area contributed by atoms with Crippen LogP contribution in [0.3, 0.4) is 0 Å². The lowest BCUT2D eigenvalue weighted by Gasteiger charge is -2.18. The molecule has 1 aliphatic heterocycles. The number of nitrogens with one attached hydrogen (secondary N) is 3. The molecule has 1 amide bonds. The quantitative estimate of drug-likeness (QED) is 0.411. The predicted octanol–water partition coefficient (Wildman–Crippen LogP) is 3.91. The van der Waals surface area contributed by atoms with Crippen molar-refractivity contribution in [3.63, 3.8) is 0 Å². The van der Waals surface area contributed by atoms with Crippen molar-refractivity contribution in [3.8, 4) is 11.3 Å². The summed E-state index contributed by atoms with van der Waals surface area (Å²) in [7, 11) is 1.64. The molecule has 0 saturated heterocycles. The van der Waals surface area contributed by atoms with Crippen molar-refractivity contribution in [2.45, 2.75) is 25.8 Å². The van der Waals surface area contributed by atoms with E-state index < -0.39 is 0 Å². The van der Waals surface area contributed by atoms with Gasteiger partial charge in [0.2, 0.25) is 0 Å². The topological polar surface area (TPSA) is 91.8 Å². The Morgan fingerprint density at radius 3 is 2.88 bits per heavy atom. The van der Waals surface area contributed by atoms with Crippen molar-refractivity contribution in [2.75, 3.05) is 25.5 Å². The van der Waals surface area contributed by atoms with Gasteiger partial charge in [0.05, 0.1) is 16.8 Å². The number of amides is 1. The van der Waals surface area contributed by atoms with Crippen LogP contribution in [0.1, 0.15) is 39.9 Å². The second-order valence-electron chi connectivity index (χ2n) is 8.66. The first-order valence-electron chi connectivity index (χ1n) is 11.6. The second-order valence-corrected chi connectivity index (χ2v) is 8.66. The van der Waals surface area contributed by atoms with Gasteiger partial charge in [-0.05, 0) is 41.8 Å². The monoisotopic (exact) mass is 452 g/mol. The lowest BCUT2D eigenvalue weighted by molar-refractivity contribution is 0.0964. The minimum atomic E-state index is -0.109. The van der Waals surface area contributed by atoms with Crippen LogP contribution in [0, 0.1) is 0 Å². The molecule has 1 atom stereocenters. The maximum atomic E-state index is 12.3. The maximum absolute atomic E-state index is 12.3. The van der Waals surface area contributed by atoms with Gasteiger partial charge in [0.1, 0.15) is 12.1 Å². The predicted molar refractivity (Wildman–Crippen MR) is 135 cm³/mol. The summed E-state index contributed by atoms with van der Waals surface area (Å²) < 4.78 is 0. The molecule has 3 N–H and O–H groups in total. The fourth-order valence-electron chi connectivity index (χ4n) is 4.55. The number of benzene rings is 2. The first kappa shape index (κ1) is 22.0. The molecule has 1 aliphatic rings. The molecule has 0 unspecified atom stereocenters. The number of para-hydroxylation sites is 1. The third kappa shape index (κ3) is 4.34. The van der Waals surface area contributed by atoms with Crippen molar-refractivity contribution in [1.82, 2.24) is 25.6 Å². The second kappa shape index (κ2) is 9.57. The fourth-order valence-corrected chi connectivity index (χ4v) is 4.55. The van der Waals surface area contributed by atoms with E-state index in [-0.39, 0.29) is 11.8 Å². The first-order chi connectivity index (χ1) is 16.6. The number of fused-ring (bicyclic) bond motifs is 2. The van der Waals surface area contributed by atoms with Gasteiger partial charge in [0.25, 0.3) is 5.91 Å². The molecular weight excluding hydrogens is 424 g/mol. The van der Waals surface area contributed by atoms with Crippen LogP contribution in [0.25, 0.3) is 22.2 Å². The summed E-state index contributed by atoms with van der Waals surface area (Å²) in [4.78, 5) is 25.8. The Morgan fingerprint density at radius 1 is 1.09 bits per heavy atom.